The lowest BCUT2D eigenvalue weighted by atomic mass is 10.1. The van der Waals surface area contributed by atoms with Gasteiger partial charge in [0.05, 0.1) is 8.95 Å². The summed E-state index contributed by atoms with van der Waals surface area (Å²) in [6.07, 6.45) is 1.63. The molecule has 0 saturated carbocycles. The summed E-state index contributed by atoms with van der Waals surface area (Å²) in [4.78, 5) is 17.0. The molecule has 4 rings (SSSR count). The van der Waals surface area contributed by atoms with E-state index in [0.29, 0.717) is 25.4 Å². The number of halogens is 2. The summed E-state index contributed by atoms with van der Waals surface area (Å²) in [5, 5.41) is 9.70. The lowest BCUT2D eigenvalue weighted by Crippen LogP contribution is -2.49. The van der Waals surface area contributed by atoms with Crippen molar-refractivity contribution in [3.63, 3.8) is 0 Å². The molecule has 0 unspecified atom stereocenters. The number of nitriles is 1. The summed E-state index contributed by atoms with van der Waals surface area (Å²) in [6, 6.07) is 25.9. The maximum Gasteiger partial charge on any atom is 0.264 e. The van der Waals surface area contributed by atoms with Gasteiger partial charge in [-0.2, -0.15) is 5.26 Å². The number of nitrogens with zero attached hydrogens (tertiary/aromatic N) is 3. The van der Waals surface area contributed by atoms with E-state index < -0.39 is 0 Å². The average molecular weight is 581 g/mol. The van der Waals surface area contributed by atoms with Gasteiger partial charge in [0.1, 0.15) is 24.0 Å². The van der Waals surface area contributed by atoms with Gasteiger partial charge in [-0.15, -0.1) is 0 Å². The first-order valence-electron chi connectivity index (χ1n) is 10.9. The first-order chi connectivity index (χ1) is 16.5. The predicted octanol–water partition coefficient (Wildman–Crippen LogP) is 6.05. The van der Waals surface area contributed by atoms with Crippen molar-refractivity contribution in [1.82, 2.24) is 4.90 Å². The molecule has 7 heteroatoms. The lowest BCUT2D eigenvalue weighted by molar-refractivity contribution is -0.126. The number of anilines is 1. The van der Waals surface area contributed by atoms with Crippen LogP contribution in [-0.2, 0) is 11.4 Å². The van der Waals surface area contributed by atoms with Crippen LogP contribution in [0.15, 0.2) is 87.3 Å². The molecule has 0 radical (unpaired) electrons. The Kier molecular flexibility index (Phi) is 8.04. The van der Waals surface area contributed by atoms with E-state index in [-0.39, 0.29) is 11.5 Å². The second-order valence-electron chi connectivity index (χ2n) is 7.87. The van der Waals surface area contributed by atoms with Crippen molar-refractivity contribution in [3.05, 3.63) is 98.4 Å². The standard InChI is InChI=1S/C27H23Br2N3O2/c28-24-16-21(17-25(29)26(24)34-19-20-7-3-1-4-8-20)15-22(18-30)27(33)32-13-11-31(12-14-32)23-9-5-2-6-10-23/h1-10,15-17H,11-14,19H2/b22-15-. The molecule has 1 heterocycles. The van der Waals surface area contributed by atoms with Gasteiger partial charge in [-0.25, -0.2) is 0 Å². The van der Waals surface area contributed by atoms with Crippen LogP contribution in [0.3, 0.4) is 0 Å². The van der Waals surface area contributed by atoms with Crippen LogP contribution in [0.4, 0.5) is 5.69 Å². The Labute approximate surface area is 216 Å². The van der Waals surface area contributed by atoms with Crippen LogP contribution in [0.2, 0.25) is 0 Å². The summed E-state index contributed by atoms with van der Waals surface area (Å²) in [5.41, 5.74) is 3.06. The normalized spacial score (nSPS) is 14.0. The number of hydrogen-bond acceptors (Lipinski definition) is 4. The van der Waals surface area contributed by atoms with E-state index in [4.69, 9.17) is 4.74 Å². The minimum atomic E-state index is -0.244. The van der Waals surface area contributed by atoms with Crippen LogP contribution in [0.1, 0.15) is 11.1 Å². The Morgan fingerprint density at radius 2 is 1.53 bits per heavy atom. The molecule has 0 spiro atoms. The fourth-order valence-corrected chi connectivity index (χ4v) is 5.27. The first kappa shape index (κ1) is 24.1. The Hall–Kier alpha value is -3.08. The van der Waals surface area contributed by atoms with Crippen LogP contribution >= 0.6 is 31.9 Å². The van der Waals surface area contributed by atoms with Crippen molar-refractivity contribution in [2.24, 2.45) is 0 Å². The average Bonchev–Trinajstić information content (AvgIpc) is 2.87. The monoisotopic (exact) mass is 579 g/mol. The summed E-state index contributed by atoms with van der Waals surface area (Å²) in [5.74, 6) is 0.426. The van der Waals surface area contributed by atoms with E-state index in [1.54, 1.807) is 11.0 Å². The number of carbonyl (C=O) groups excluding carboxylic acids is 1. The second-order valence-corrected chi connectivity index (χ2v) is 9.58. The number of piperazine rings is 1. The topological polar surface area (TPSA) is 56.6 Å². The third-order valence-corrected chi connectivity index (χ3v) is 6.77. The molecule has 1 saturated heterocycles. The highest BCUT2D eigenvalue weighted by molar-refractivity contribution is 9.11. The van der Waals surface area contributed by atoms with E-state index in [1.165, 1.54) is 0 Å². The lowest BCUT2D eigenvalue weighted by Gasteiger charge is -2.36. The zero-order chi connectivity index (χ0) is 23.9. The molecule has 0 bridgehead atoms. The Bertz CT molecular complexity index is 1190. The van der Waals surface area contributed by atoms with Crippen LogP contribution in [0, 0.1) is 11.3 Å². The third-order valence-electron chi connectivity index (χ3n) is 5.60. The minimum absolute atomic E-state index is 0.116. The number of ether oxygens (including phenoxy) is 1. The van der Waals surface area contributed by atoms with Gasteiger partial charge >= 0.3 is 0 Å². The van der Waals surface area contributed by atoms with Crippen molar-refractivity contribution < 1.29 is 9.53 Å². The Morgan fingerprint density at radius 3 is 2.12 bits per heavy atom. The van der Waals surface area contributed by atoms with Gasteiger partial charge in [-0.3, -0.25) is 4.79 Å². The summed E-state index contributed by atoms with van der Waals surface area (Å²) < 4.78 is 7.45. The second kappa shape index (κ2) is 11.4. The van der Waals surface area contributed by atoms with E-state index in [2.05, 4.69) is 55.0 Å². The predicted molar refractivity (Wildman–Crippen MR) is 141 cm³/mol. The third kappa shape index (κ3) is 5.88. The first-order valence-corrected chi connectivity index (χ1v) is 12.5. The molecule has 0 atom stereocenters. The smallest absolute Gasteiger partial charge is 0.264 e. The van der Waals surface area contributed by atoms with E-state index in [0.717, 1.165) is 38.8 Å². The van der Waals surface area contributed by atoms with Crippen molar-refractivity contribution in [1.29, 1.82) is 5.26 Å². The fourth-order valence-electron chi connectivity index (χ4n) is 3.82. The van der Waals surface area contributed by atoms with E-state index in [9.17, 15) is 10.1 Å². The molecule has 1 aliphatic rings. The highest BCUT2D eigenvalue weighted by atomic mass is 79.9. The Morgan fingerprint density at radius 1 is 0.941 bits per heavy atom. The van der Waals surface area contributed by atoms with Gasteiger partial charge in [-0.1, -0.05) is 48.5 Å². The zero-order valence-electron chi connectivity index (χ0n) is 18.5. The highest BCUT2D eigenvalue weighted by Gasteiger charge is 2.24. The molecule has 1 fully saturated rings. The molecular weight excluding hydrogens is 558 g/mol. The van der Waals surface area contributed by atoms with Gasteiger partial charge < -0.3 is 14.5 Å². The van der Waals surface area contributed by atoms with Crippen LogP contribution in [0.5, 0.6) is 5.75 Å². The molecule has 0 aliphatic carbocycles. The number of para-hydroxylation sites is 1. The minimum Gasteiger partial charge on any atom is -0.487 e. The van der Waals surface area contributed by atoms with Gasteiger partial charge in [0.15, 0.2) is 0 Å². The molecular formula is C27H23Br2N3O2. The SMILES string of the molecule is N#C/C(=C/c1cc(Br)c(OCc2ccccc2)c(Br)c1)C(=O)N1CCN(c2ccccc2)CC1. The fraction of sp³-hybridized carbons (Fsp3) is 0.185. The Balaban J connectivity index is 1.43. The maximum atomic E-state index is 13.0. The van der Waals surface area contributed by atoms with Gasteiger partial charge in [0.2, 0.25) is 0 Å². The number of rotatable bonds is 6. The van der Waals surface area contributed by atoms with Gasteiger partial charge in [0.25, 0.3) is 5.91 Å². The van der Waals surface area contributed by atoms with Crippen LogP contribution in [-0.4, -0.2) is 37.0 Å². The molecule has 3 aromatic rings. The van der Waals surface area contributed by atoms with Crippen LogP contribution in [0.25, 0.3) is 6.08 Å². The highest BCUT2D eigenvalue weighted by Crippen LogP contribution is 2.36. The quantitative estimate of drug-likeness (QED) is 0.263. The molecule has 172 valence electrons. The van der Waals surface area contributed by atoms with E-state index in [1.807, 2.05) is 60.7 Å². The van der Waals surface area contributed by atoms with Crippen molar-refractivity contribution in [2.75, 3.05) is 31.1 Å². The van der Waals surface area contributed by atoms with E-state index >= 15 is 0 Å². The maximum absolute atomic E-state index is 13.0. The molecule has 3 aromatic carbocycles. The molecule has 5 nitrogen and oxygen atoms in total. The number of amides is 1. The van der Waals surface area contributed by atoms with Crippen molar-refractivity contribution in [2.45, 2.75) is 6.61 Å². The summed E-state index contributed by atoms with van der Waals surface area (Å²) in [6.45, 7) is 3.06. The molecule has 0 aromatic heterocycles. The zero-order valence-corrected chi connectivity index (χ0v) is 21.6. The number of carbonyl (C=O) groups is 1. The molecule has 34 heavy (non-hydrogen) atoms. The number of hydrogen-bond donors (Lipinski definition) is 0. The summed E-state index contributed by atoms with van der Waals surface area (Å²) in [7, 11) is 0. The largest absolute Gasteiger partial charge is 0.487 e. The van der Waals surface area contributed by atoms with Crippen molar-refractivity contribution >= 4 is 49.5 Å². The molecule has 1 amide bonds. The van der Waals surface area contributed by atoms with Gasteiger partial charge in [-0.05, 0) is 73.3 Å². The van der Waals surface area contributed by atoms with Gasteiger partial charge in [0, 0.05) is 31.9 Å². The molecule has 0 N–H and O–H groups in total. The number of benzene rings is 3. The van der Waals surface area contributed by atoms with Crippen molar-refractivity contribution in [3.8, 4) is 11.8 Å². The molecule has 1 aliphatic heterocycles. The summed E-state index contributed by atoms with van der Waals surface area (Å²) >= 11 is 7.12. The van der Waals surface area contributed by atoms with Crippen LogP contribution < -0.4 is 9.64 Å².